The molecule has 0 bridgehead atoms. The molecule has 0 aliphatic heterocycles. The maximum Gasteiger partial charge on any atom is 0.343 e. The Balaban J connectivity index is 1.32. The van der Waals surface area contributed by atoms with Gasteiger partial charge in [-0.3, -0.25) is 0 Å². The number of hydrogen-bond donors (Lipinski definition) is 0. The average molecular weight is 554 g/mol. The fourth-order valence-electron chi connectivity index (χ4n) is 4.40. The third kappa shape index (κ3) is 11.3. The van der Waals surface area contributed by atoms with E-state index in [0.717, 1.165) is 36.8 Å². The van der Waals surface area contributed by atoms with Crippen LogP contribution in [0.3, 0.4) is 0 Å². The van der Waals surface area contributed by atoms with Gasteiger partial charge in [0.1, 0.15) is 11.8 Å². The van der Waals surface area contributed by atoms with E-state index in [1.807, 2.05) is 42.5 Å². The fraction of sp³-hybridized carbons (Fsp3) is 0.343. The minimum Gasteiger partial charge on any atom is -0.493 e. The quantitative estimate of drug-likeness (QED) is 0.0680. The second-order valence-corrected chi connectivity index (χ2v) is 9.86. The van der Waals surface area contributed by atoms with Crippen molar-refractivity contribution >= 4 is 11.9 Å². The van der Waals surface area contributed by atoms with Gasteiger partial charge in [-0.25, -0.2) is 9.59 Å². The van der Waals surface area contributed by atoms with E-state index in [-0.39, 0.29) is 17.3 Å². The van der Waals surface area contributed by atoms with Crippen LogP contribution in [0.15, 0.2) is 85.5 Å². The molecule has 0 amide bonds. The summed E-state index contributed by atoms with van der Waals surface area (Å²) in [7, 11) is 0. The molecule has 0 saturated carbocycles. The Bertz CT molecular complexity index is 1280. The van der Waals surface area contributed by atoms with Crippen molar-refractivity contribution in [2.24, 2.45) is 0 Å². The number of benzene rings is 3. The number of ether oxygens (including phenoxy) is 3. The Hall–Kier alpha value is -4.37. The SMILES string of the molecule is C=CC(=O)OCCCCCCCCCCCCOc1ccc(C#N)c(OC(=O)c2ccc(-c3ccccc3)cc2)c1. The molecule has 41 heavy (non-hydrogen) atoms. The molecule has 214 valence electrons. The Morgan fingerprint density at radius 3 is 1.93 bits per heavy atom. The first-order valence-corrected chi connectivity index (χ1v) is 14.4. The molecule has 0 unspecified atom stereocenters. The van der Waals surface area contributed by atoms with Gasteiger partial charge in [0.15, 0.2) is 5.75 Å². The molecule has 0 atom stereocenters. The summed E-state index contributed by atoms with van der Waals surface area (Å²) in [4.78, 5) is 23.7. The van der Waals surface area contributed by atoms with Gasteiger partial charge < -0.3 is 14.2 Å². The van der Waals surface area contributed by atoms with Gasteiger partial charge in [-0.05, 0) is 48.2 Å². The summed E-state index contributed by atoms with van der Waals surface area (Å²) >= 11 is 0. The van der Waals surface area contributed by atoms with Crippen molar-refractivity contribution < 1.29 is 23.8 Å². The molecule has 3 rings (SSSR count). The maximum atomic E-state index is 12.8. The van der Waals surface area contributed by atoms with Crippen LogP contribution in [0.5, 0.6) is 11.5 Å². The second kappa shape index (κ2) is 18.1. The van der Waals surface area contributed by atoms with E-state index in [1.54, 1.807) is 30.3 Å². The van der Waals surface area contributed by atoms with Crippen LogP contribution < -0.4 is 9.47 Å². The lowest BCUT2D eigenvalue weighted by Crippen LogP contribution is -2.09. The van der Waals surface area contributed by atoms with E-state index in [9.17, 15) is 14.9 Å². The van der Waals surface area contributed by atoms with Crippen LogP contribution in [0.25, 0.3) is 11.1 Å². The van der Waals surface area contributed by atoms with Crippen molar-refractivity contribution in [1.82, 2.24) is 0 Å². The monoisotopic (exact) mass is 553 g/mol. The summed E-state index contributed by atoms with van der Waals surface area (Å²) in [6.07, 6.45) is 12.4. The minimum absolute atomic E-state index is 0.194. The van der Waals surface area contributed by atoms with E-state index in [4.69, 9.17) is 14.2 Å². The molecule has 0 saturated heterocycles. The van der Waals surface area contributed by atoms with Crippen LogP contribution in [0, 0.1) is 11.3 Å². The highest BCUT2D eigenvalue weighted by molar-refractivity contribution is 5.92. The molecule has 6 heteroatoms. The van der Waals surface area contributed by atoms with Crippen molar-refractivity contribution in [2.45, 2.75) is 64.2 Å². The largest absolute Gasteiger partial charge is 0.493 e. The average Bonchev–Trinajstić information content (AvgIpc) is 3.01. The molecule has 3 aromatic rings. The first kappa shape index (κ1) is 31.2. The highest BCUT2D eigenvalue weighted by Crippen LogP contribution is 2.26. The number of hydrogen-bond acceptors (Lipinski definition) is 6. The Kier molecular flexibility index (Phi) is 13.7. The summed E-state index contributed by atoms with van der Waals surface area (Å²) in [5.74, 6) is -0.0998. The van der Waals surface area contributed by atoms with Gasteiger partial charge in [-0.2, -0.15) is 5.26 Å². The van der Waals surface area contributed by atoms with Gasteiger partial charge in [0.25, 0.3) is 0 Å². The molecule has 0 N–H and O–H groups in total. The smallest absolute Gasteiger partial charge is 0.343 e. The lowest BCUT2D eigenvalue weighted by Gasteiger charge is -2.10. The second-order valence-electron chi connectivity index (χ2n) is 9.86. The van der Waals surface area contributed by atoms with E-state index >= 15 is 0 Å². The van der Waals surface area contributed by atoms with Crippen LogP contribution in [-0.2, 0) is 9.53 Å². The highest BCUT2D eigenvalue weighted by atomic mass is 16.5. The van der Waals surface area contributed by atoms with Gasteiger partial charge in [0.2, 0.25) is 0 Å². The molecule has 0 aliphatic carbocycles. The molecule has 0 fully saturated rings. The topological polar surface area (TPSA) is 85.6 Å². The summed E-state index contributed by atoms with van der Waals surface area (Å²) in [6.45, 7) is 4.43. The molecule has 0 aromatic heterocycles. The van der Waals surface area contributed by atoms with Crippen LogP contribution in [0.2, 0.25) is 0 Å². The molecule has 0 aliphatic rings. The van der Waals surface area contributed by atoms with Gasteiger partial charge in [-0.15, -0.1) is 0 Å². The number of rotatable bonds is 18. The van der Waals surface area contributed by atoms with E-state index in [0.29, 0.717) is 24.5 Å². The third-order valence-corrected chi connectivity index (χ3v) is 6.72. The van der Waals surface area contributed by atoms with Gasteiger partial charge >= 0.3 is 11.9 Å². The zero-order chi connectivity index (χ0) is 29.1. The van der Waals surface area contributed by atoms with Crippen molar-refractivity contribution in [3.05, 3.63) is 96.6 Å². The summed E-state index contributed by atoms with van der Waals surface area (Å²) < 4.78 is 16.4. The number of esters is 2. The molecule has 0 heterocycles. The Labute approximate surface area is 243 Å². The summed E-state index contributed by atoms with van der Waals surface area (Å²) in [5, 5.41) is 9.48. The number of carbonyl (C=O) groups is 2. The van der Waals surface area contributed by atoms with E-state index in [1.165, 1.54) is 44.6 Å². The van der Waals surface area contributed by atoms with Crippen LogP contribution >= 0.6 is 0 Å². The third-order valence-electron chi connectivity index (χ3n) is 6.72. The molecular weight excluding hydrogens is 514 g/mol. The number of nitriles is 1. The predicted molar refractivity (Wildman–Crippen MR) is 161 cm³/mol. The standard InChI is InChI=1S/C35H39NO5/c1-2-34(37)40-25-15-10-8-6-4-3-5-7-9-14-24-39-32-23-22-31(27-36)33(26-32)41-35(38)30-20-18-29(19-21-30)28-16-12-11-13-17-28/h2,11-13,16-23,26H,1,3-10,14-15,24-25H2. The van der Waals surface area contributed by atoms with Crippen molar-refractivity contribution in [2.75, 3.05) is 13.2 Å². The normalized spacial score (nSPS) is 10.4. The highest BCUT2D eigenvalue weighted by Gasteiger charge is 2.13. The molecule has 0 spiro atoms. The zero-order valence-electron chi connectivity index (χ0n) is 23.7. The maximum absolute atomic E-state index is 12.8. The molecular formula is C35H39NO5. The Morgan fingerprint density at radius 2 is 1.32 bits per heavy atom. The molecule has 3 aromatic carbocycles. The number of unbranched alkanes of at least 4 members (excludes halogenated alkanes) is 9. The van der Waals surface area contributed by atoms with Gasteiger partial charge in [-0.1, -0.05) is 100 Å². The van der Waals surface area contributed by atoms with Crippen molar-refractivity contribution in [1.29, 1.82) is 5.26 Å². The van der Waals surface area contributed by atoms with Crippen LogP contribution in [0.1, 0.15) is 80.1 Å². The first-order valence-electron chi connectivity index (χ1n) is 14.4. The fourth-order valence-corrected chi connectivity index (χ4v) is 4.40. The first-order chi connectivity index (χ1) is 20.1. The molecule has 0 radical (unpaired) electrons. The van der Waals surface area contributed by atoms with Crippen molar-refractivity contribution in [3.63, 3.8) is 0 Å². The predicted octanol–water partition coefficient (Wildman–Crippen LogP) is 8.45. The van der Waals surface area contributed by atoms with Crippen molar-refractivity contribution in [3.8, 4) is 28.7 Å². The Morgan fingerprint density at radius 1 is 0.732 bits per heavy atom. The molecule has 6 nitrogen and oxygen atoms in total. The van der Waals surface area contributed by atoms with Gasteiger partial charge in [0, 0.05) is 12.1 Å². The van der Waals surface area contributed by atoms with E-state index in [2.05, 4.69) is 12.6 Å². The summed E-state index contributed by atoms with van der Waals surface area (Å²) in [6, 6.07) is 24.2. The van der Waals surface area contributed by atoms with Gasteiger partial charge in [0.05, 0.1) is 24.3 Å². The van der Waals surface area contributed by atoms with Crippen LogP contribution in [-0.4, -0.2) is 25.2 Å². The lowest BCUT2D eigenvalue weighted by atomic mass is 10.0. The number of carbonyl (C=O) groups excluding carboxylic acids is 2. The summed E-state index contributed by atoms with van der Waals surface area (Å²) in [5.41, 5.74) is 2.76. The lowest BCUT2D eigenvalue weighted by molar-refractivity contribution is -0.137. The van der Waals surface area contributed by atoms with Crippen LogP contribution in [0.4, 0.5) is 0 Å². The minimum atomic E-state index is -0.521. The van der Waals surface area contributed by atoms with E-state index < -0.39 is 5.97 Å². The zero-order valence-corrected chi connectivity index (χ0v) is 23.7. The number of nitrogens with zero attached hydrogens (tertiary/aromatic N) is 1.